The summed E-state index contributed by atoms with van der Waals surface area (Å²) in [5, 5.41) is 2.97. The van der Waals surface area contributed by atoms with Gasteiger partial charge in [0.25, 0.3) is 5.91 Å². The average molecular weight is 261 g/mol. The molecular formula is C12H15N5O2. The molecule has 0 aromatic carbocycles. The fraction of sp³-hybridized carbons (Fsp3) is 0.500. The van der Waals surface area contributed by atoms with E-state index in [4.69, 9.17) is 5.73 Å². The predicted molar refractivity (Wildman–Crippen MR) is 68.2 cm³/mol. The Morgan fingerprint density at radius 3 is 2.68 bits per heavy atom. The van der Waals surface area contributed by atoms with E-state index in [-0.39, 0.29) is 18.2 Å². The van der Waals surface area contributed by atoms with Gasteiger partial charge in [-0.1, -0.05) is 0 Å². The second-order valence-corrected chi connectivity index (χ2v) is 5.00. The van der Waals surface area contributed by atoms with E-state index in [9.17, 15) is 9.59 Å². The molecule has 2 amide bonds. The van der Waals surface area contributed by atoms with Crippen LogP contribution in [-0.4, -0.2) is 39.8 Å². The Hall–Kier alpha value is -2.18. The zero-order chi connectivity index (χ0) is 13.6. The first-order chi connectivity index (χ1) is 9.04. The van der Waals surface area contributed by atoms with Gasteiger partial charge in [-0.3, -0.25) is 14.5 Å². The number of nitrogen functional groups attached to an aromatic ring is 1. The van der Waals surface area contributed by atoms with E-state index in [0.717, 1.165) is 17.7 Å². The van der Waals surface area contributed by atoms with Gasteiger partial charge in [0.2, 0.25) is 5.91 Å². The standard InChI is InChI=1S/C12H15N5O2/c1-17-10(18)4-7(12(17)19)14-9-5-8(13)15-11(16-9)6-2-3-6/h5-7H,2-4H2,1H3,(H3,13,14,15,16). The van der Waals surface area contributed by atoms with Gasteiger partial charge in [-0.15, -0.1) is 0 Å². The third kappa shape index (κ3) is 2.23. The highest BCUT2D eigenvalue weighted by atomic mass is 16.2. The molecular weight excluding hydrogens is 246 g/mol. The van der Waals surface area contributed by atoms with Gasteiger partial charge in [-0.2, -0.15) is 0 Å². The molecule has 3 rings (SSSR count). The number of hydrogen-bond acceptors (Lipinski definition) is 6. The van der Waals surface area contributed by atoms with Crippen molar-refractivity contribution in [3.05, 3.63) is 11.9 Å². The largest absolute Gasteiger partial charge is 0.384 e. The number of carbonyl (C=O) groups is 2. The van der Waals surface area contributed by atoms with Crippen LogP contribution in [0.2, 0.25) is 0 Å². The molecule has 7 heteroatoms. The molecule has 0 spiro atoms. The number of nitrogens with one attached hydrogen (secondary N) is 1. The molecule has 100 valence electrons. The van der Waals surface area contributed by atoms with Crippen molar-refractivity contribution in [1.29, 1.82) is 0 Å². The summed E-state index contributed by atoms with van der Waals surface area (Å²) in [4.78, 5) is 32.9. The Kier molecular flexibility index (Phi) is 2.62. The molecule has 1 aliphatic carbocycles. The van der Waals surface area contributed by atoms with Crippen LogP contribution in [0.1, 0.15) is 31.0 Å². The van der Waals surface area contributed by atoms with Gasteiger partial charge in [0.1, 0.15) is 23.5 Å². The van der Waals surface area contributed by atoms with Crippen LogP contribution in [0.4, 0.5) is 11.6 Å². The van der Waals surface area contributed by atoms with Gasteiger partial charge in [0.15, 0.2) is 0 Å². The number of likely N-dealkylation sites (N-methyl/N-ethyl adjacent to an activating group) is 1. The van der Waals surface area contributed by atoms with Gasteiger partial charge in [-0.05, 0) is 12.8 Å². The van der Waals surface area contributed by atoms with Crippen LogP contribution in [-0.2, 0) is 9.59 Å². The molecule has 3 N–H and O–H groups in total. The third-order valence-corrected chi connectivity index (χ3v) is 3.41. The highest BCUT2D eigenvalue weighted by molar-refractivity contribution is 6.06. The number of amides is 2. The van der Waals surface area contributed by atoms with Gasteiger partial charge in [-0.25, -0.2) is 9.97 Å². The van der Waals surface area contributed by atoms with Crippen LogP contribution in [0, 0.1) is 0 Å². The minimum atomic E-state index is -0.557. The van der Waals surface area contributed by atoms with E-state index >= 15 is 0 Å². The highest BCUT2D eigenvalue weighted by Crippen LogP contribution is 2.38. The number of hydrogen-bond donors (Lipinski definition) is 2. The lowest BCUT2D eigenvalue weighted by Crippen LogP contribution is -2.32. The first-order valence-corrected chi connectivity index (χ1v) is 6.26. The maximum absolute atomic E-state index is 11.8. The highest BCUT2D eigenvalue weighted by Gasteiger charge is 2.36. The second-order valence-electron chi connectivity index (χ2n) is 5.00. The topological polar surface area (TPSA) is 101 Å². The van der Waals surface area contributed by atoms with Crippen molar-refractivity contribution in [2.45, 2.75) is 31.2 Å². The Morgan fingerprint density at radius 1 is 1.37 bits per heavy atom. The molecule has 1 aromatic heterocycles. The van der Waals surface area contributed by atoms with E-state index < -0.39 is 6.04 Å². The summed E-state index contributed by atoms with van der Waals surface area (Å²) in [7, 11) is 1.48. The van der Waals surface area contributed by atoms with Crippen LogP contribution in [0.3, 0.4) is 0 Å². The Balaban J connectivity index is 1.80. The minimum absolute atomic E-state index is 0.151. The maximum atomic E-state index is 11.8. The number of imide groups is 1. The van der Waals surface area contributed by atoms with Crippen molar-refractivity contribution < 1.29 is 9.59 Å². The van der Waals surface area contributed by atoms with Crippen molar-refractivity contribution in [3.8, 4) is 0 Å². The van der Waals surface area contributed by atoms with Crippen molar-refractivity contribution in [3.63, 3.8) is 0 Å². The van der Waals surface area contributed by atoms with Gasteiger partial charge in [0.05, 0.1) is 6.42 Å². The molecule has 0 bridgehead atoms. The van der Waals surface area contributed by atoms with Crippen LogP contribution in [0.25, 0.3) is 0 Å². The lowest BCUT2D eigenvalue weighted by Gasteiger charge is -2.12. The molecule has 1 saturated heterocycles. The number of nitrogens with two attached hydrogens (primary N) is 1. The summed E-state index contributed by atoms with van der Waals surface area (Å²) in [5.74, 6) is 1.56. The van der Waals surface area contributed by atoms with Gasteiger partial charge in [0, 0.05) is 19.0 Å². The normalized spacial score (nSPS) is 23.0. The van der Waals surface area contributed by atoms with E-state index in [2.05, 4.69) is 15.3 Å². The maximum Gasteiger partial charge on any atom is 0.251 e. The van der Waals surface area contributed by atoms with Crippen LogP contribution < -0.4 is 11.1 Å². The lowest BCUT2D eigenvalue weighted by atomic mass is 10.2. The third-order valence-electron chi connectivity index (χ3n) is 3.41. The first-order valence-electron chi connectivity index (χ1n) is 6.26. The number of anilines is 2. The second kappa shape index (κ2) is 4.18. The Morgan fingerprint density at radius 2 is 2.11 bits per heavy atom. The quantitative estimate of drug-likeness (QED) is 0.749. The molecule has 2 aliphatic rings. The summed E-state index contributed by atoms with van der Waals surface area (Å²) < 4.78 is 0. The zero-order valence-corrected chi connectivity index (χ0v) is 10.6. The number of nitrogens with zero attached hydrogens (tertiary/aromatic N) is 3. The van der Waals surface area contributed by atoms with Crippen molar-refractivity contribution in [2.24, 2.45) is 0 Å². The van der Waals surface area contributed by atoms with Gasteiger partial charge >= 0.3 is 0 Å². The molecule has 1 aliphatic heterocycles. The van der Waals surface area contributed by atoms with Crippen LogP contribution >= 0.6 is 0 Å². The van der Waals surface area contributed by atoms with E-state index in [1.165, 1.54) is 7.05 Å². The van der Waals surface area contributed by atoms with Crippen LogP contribution in [0.5, 0.6) is 0 Å². The lowest BCUT2D eigenvalue weighted by molar-refractivity contribution is -0.136. The molecule has 19 heavy (non-hydrogen) atoms. The minimum Gasteiger partial charge on any atom is -0.384 e. The molecule has 1 unspecified atom stereocenters. The number of carbonyl (C=O) groups excluding carboxylic acids is 2. The molecule has 2 fully saturated rings. The smallest absolute Gasteiger partial charge is 0.251 e. The summed E-state index contributed by atoms with van der Waals surface area (Å²) in [5.41, 5.74) is 5.74. The van der Waals surface area contributed by atoms with E-state index in [1.807, 2.05) is 0 Å². The molecule has 7 nitrogen and oxygen atoms in total. The summed E-state index contributed by atoms with van der Waals surface area (Å²) in [6.45, 7) is 0. The predicted octanol–water partition coefficient (Wildman–Crippen LogP) is 0.105. The number of likely N-dealkylation sites (tertiary alicyclic amines) is 1. The molecule has 1 aromatic rings. The molecule has 2 heterocycles. The Bertz CT molecular complexity index is 555. The molecule has 0 radical (unpaired) electrons. The van der Waals surface area contributed by atoms with Crippen molar-refractivity contribution >= 4 is 23.5 Å². The number of aromatic nitrogens is 2. The van der Waals surface area contributed by atoms with Crippen LogP contribution in [0.15, 0.2) is 6.07 Å². The Labute approximate surface area is 110 Å². The van der Waals surface area contributed by atoms with Crippen molar-refractivity contribution in [2.75, 3.05) is 18.1 Å². The fourth-order valence-electron chi connectivity index (χ4n) is 2.13. The first kappa shape index (κ1) is 11.9. The van der Waals surface area contributed by atoms with E-state index in [0.29, 0.717) is 23.4 Å². The SMILES string of the molecule is CN1C(=O)CC(Nc2cc(N)nc(C3CC3)n2)C1=O. The summed E-state index contributed by atoms with van der Waals surface area (Å²) >= 11 is 0. The monoisotopic (exact) mass is 261 g/mol. The van der Waals surface area contributed by atoms with Crippen molar-refractivity contribution in [1.82, 2.24) is 14.9 Å². The fourth-order valence-corrected chi connectivity index (χ4v) is 2.13. The average Bonchev–Trinajstić information content (AvgIpc) is 3.16. The summed E-state index contributed by atoms with van der Waals surface area (Å²) in [6.07, 6.45) is 2.30. The molecule has 1 atom stereocenters. The molecule has 1 saturated carbocycles. The zero-order valence-electron chi connectivity index (χ0n) is 10.6. The van der Waals surface area contributed by atoms with E-state index in [1.54, 1.807) is 6.07 Å². The van der Waals surface area contributed by atoms with Gasteiger partial charge < -0.3 is 11.1 Å². The number of rotatable bonds is 3. The summed E-state index contributed by atoms with van der Waals surface area (Å²) in [6, 6.07) is 1.03.